The maximum atomic E-state index is 5.12. The van der Waals surface area contributed by atoms with Crippen molar-refractivity contribution in [3.05, 3.63) is 207 Å². The molecule has 0 spiro atoms. The van der Waals surface area contributed by atoms with Gasteiger partial charge in [0.1, 0.15) is 0 Å². The minimum absolute atomic E-state index is 0.652. The Morgan fingerprint density at radius 1 is 0.333 bits per heavy atom. The summed E-state index contributed by atoms with van der Waals surface area (Å²) in [5.41, 5.74) is 14.2. The third-order valence-electron chi connectivity index (χ3n) is 12.2. The number of fused-ring (bicyclic) bond motifs is 10. The minimum Gasteiger partial charge on any atom is -0.309 e. The first-order valence-electron chi connectivity index (χ1n) is 20.3. The van der Waals surface area contributed by atoms with Gasteiger partial charge in [-0.15, -0.1) is 0 Å². The monoisotopic (exact) mass is 766 g/mol. The van der Waals surface area contributed by atoms with Crippen molar-refractivity contribution < 1.29 is 0 Å². The van der Waals surface area contributed by atoms with Gasteiger partial charge >= 0.3 is 0 Å². The van der Waals surface area contributed by atoms with Crippen LogP contribution in [0.2, 0.25) is 0 Å². The van der Waals surface area contributed by atoms with E-state index in [0.29, 0.717) is 5.78 Å². The summed E-state index contributed by atoms with van der Waals surface area (Å²) >= 11 is 0. The van der Waals surface area contributed by atoms with Crippen molar-refractivity contribution in [1.82, 2.24) is 28.1 Å². The fourth-order valence-corrected chi connectivity index (χ4v) is 9.67. The van der Waals surface area contributed by atoms with E-state index in [9.17, 15) is 0 Å². The van der Waals surface area contributed by atoms with Gasteiger partial charge in [-0.25, -0.2) is 9.97 Å². The van der Waals surface area contributed by atoms with Crippen LogP contribution in [0.3, 0.4) is 0 Å². The zero-order valence-corrected chi connectivity index (χ0v) is 32.3. The second kappa shape index (κ2) is 12.6. The summed E-state index contributed by atoms with van der Waals surface area (Å²) in [6, 6.07) is 69.6. The van der Waals surface area contributed by atoms with E-state index < -0.39 is 0 Å². The molecule has 6 heteroatoms. The van der Waals surface area contributed by atoms with Crippen LogP contribution in [0.1, 0.15) is 0 Å². The van der Waals surface area contributed by atoms with E-state index in [1.807, 2.05) is 12.3 Å². The number of hydrogen-bond acceptors (Lipinski definition) is 2. The van der Waals surface area contributed by atoms with Crippen LogP contribution in [-0.2, 0) is 0 Å². The number of rotatable bonds is 5. The van der Waals surface area contributed by atoms with Gasteiger partial charge in [-0.3, -0.25) is 4.40 Å². The second-order valence-corrected chi connectivity index (χ2v) is 15.5. The fraction of sp³-hybridized carbons (Fsp3) is 0. The highest BCUT2D eigenvalue weighted by Gasteiger charge is 2.21. The smallest absolute Gasteiger partial charge is 0.234 e. The van der Waals surface area contributed by atoms with Crippen LogP contribution in [0.4, 0.5) is 0 Å². The normalized spacial score (nSPS) is 12.0. The molecule has 0 radical (unpaired) electrons. The van der Waals surface area contributed by atoms with Crippen LogP contribution in [-0.4, -0.2) is 28.1 Å². The quantitative estimate of drug-likeness (QED) is 0.175. The van der Waals surface area contributed by atoms with Gasteiger partial charge in [0.05, 0.1) is 56.4 Å². The number of para-hydroxylation sites is 4. The molecule has 5 heterocycles. The molecule has 0 saturated carbocycles. The van der Waals surface area contributed by atoms with Crippen molar-refractivity contribution in [2.75, 3.05) is 0 Å². The van der Waals surface area contributed by atoms with Crippen molar-refractivity contribution >= 4 is 71.2 Å². The van der Waals surface area contributed by atoms with Crippen LogP contribution in [0.25, 0.3) is 111 Å². The Hall–Kier alpha value is -8.22. The minimum atomic E-state index is 0.652. The number of nitrogens with zero attached hydrogens (tertiary/aromatic N) is 6. The van der Waals surface area contributed by atoms with Gasteiger partial charge < -0.3 is 13.7 Å². The summed E-state index contributed by atoms with van der Waals surface area (Å²) in [6.45, 7) is 0. The number of hydrogen-bond donors (Lipinski definition) is 0. The lowest BCUT2D eigenvalue weighted by atomic mass is 10.1. The first kappa shape index (κ1) is 32.8. The van der Waals surface area contributed by atoms with Crippen molar-refractivity contribution in [1.29, 1.82) is 0 Å². The summed E-state index contributed by atoms with van der Waals surface area (Å²) in [5.74, 6) is 0.652. The Bertz CT molecular complexity index is 3550. The molecule has 0 atom stereocenters. The lowest BCUT2D eigenvalue weighted by molar-refractivity contribution is 1.05. The standard InChI is InChI=1S/C54H34N6/c1-3-15-35(16-4-1)52-53(36-17-5-2-6-18-36)57-34-39(33-55-54(57)56-52)60-50-29-27-37(58-46-23-11-7-19-40(46)41-20-8-12-24-47(41)58)31-44(50)45-32-38(28-30-51(45)60)59-48-25-13-9-21-42(48)43-22-10-14-26-49(43)59/h1-34H. The van der Waals surface area contributed by atoms with E-state index in [0.717, 1.165) is 61.4 Å². The Balaban J connectivity index is 1.11. The lowest BCUT2D eigenvalue weighted by Gasteiger charge is -2.12. The predicted octanol–water partition coefficient (Wildman–Crippen LogP) is 13.4. The summed E-state index contributed by atoms with van der Waals surface area (Å²) in [6.07, 6.45) is 4.16. The molecule has 0 aliphatic rings. The van der Waals surface area contributed by atoms with Gasteiger partial charge in [-0.1, -0.05) is 133 Å². The highest BCUT2D eigenvalue weighted by Crippen LogP contribution is 2.40. The maximum absolute atomic E-state index is 5.12. The zero-order chi connectivity index (χ0) is 39.3. The van der Waals surface area contributed by atoms with Crippen molar-refractivity contribution in [3.8, 4) is 39.6 Å². The molecular formula is C54H34N6. The van der Waals surface area contributed by atoms with Gasteiger partial charge in [0, 0.05) is 61.0 Å². The molecule has 0 N–H and O–H groups in total. The molecule has 13 aromatic rings. The highest BCUT2D eigenvalue weighted by atomic mass is 15.1. The topological polar surface area (TPSA) is 45.0 Å². The van der Waals surface area contributed by atoms with Crippen LogP contribution < -0.4 is 0 Å². The van der Waals surface area contributed by atoms with Gasteiger partial charge in [-0.2, -0.15) is 0 Å². The van der Waals surface area contributed by atoms with E-state index in [1.165, 1.54) is 43.6 Å². The van der Waals surface area contributed by atoms with Crippen molar-refractivity contribution in [2.24, 2.45) is 0 Å². The van der Waals surface area contributed by atoms with E-state index in [2.05, 4.69) is 212 Å². The van der Waals surface area contributed by atoms with Crippen molar-refractivity contribution in [2.45, 2.75) is 0 Å². The van der Waals surface area contributed by atoms with Crippen LogP contribution in [0.15, 0.2) is 207 Å². The van der Waals surface area contributed by atoms with E-state index >= 15 is 0 Å². The Morgan fingerprint density at radius 2 is 0.733 bits per heavy atom. The van der Waals surface area contributed by atoms with Gasteiger partial charge in [0.2, 0.25) is 5.78 Å². The van der Waals surface area contributed by atoms with Gasteiger partial charge in [0.25, 0.3) is 0 Å². The molecular weight excluding hydrogens is 733 g/mol. The molecule has 0 fully saturated rings. The van der Waals surface area contributed by atoms with Gasteiger partial charge in [-0.05, 0) is 60.7 Å². The molecule has 6 nitrogen and oxygen atoms in total. The first-order valence-corrected chi connectivity index (χ1v) is 20.3. The molecule has 0 bridgehead atoms. The van der Waals surface area contributed by atoms with Crippen molar-refractivity contribution in [3.63, 3.8) is 0 Å². The summed E-state index contributed by atoms with van der Waals surface area (Å²) in [4.78, 5) is 10.2. The first-order chi connectivity index (χ1) is 29.8. The summed E-state index contributed by atoms with van der Waals surface area (Å²) < 4.78 is 9.32. The molecule has 60 heavy (non-hydrogen) atoms. The molecule has 5 aromatic heterocycles. The highest BCUT2D eigenvalue weighted by molar-refractivity contribution is 6.14. The summed E-state index contributed by atoms with van der Waals surface area (Å²) in [5, 5.41) is 7.29. The van der Waals surface area contributed by atoms with Crippen LogP contribution in [0, 0.1) is 0 Å². The fourth-order valence-electron chi connectivity index (χ4n) is 9.67. The third kappa shape index (κ3) is 4.70. The molecule has 13 rings (SSSR count). The number of benzene rings is 8. The predicted molar refractivity (Wildman–Crippen MR) is 247 cm³/mol. The second-order valence-electron chi connectivity index (χ2n) is 15.5. The molecule has 0 saturated heterocycles. The van der Waals surface area contributed by atoms with E-state index in [1.54, 1.807) is 0 Å². The average Bonchev–Trinajstić information content (AvgIpc) is 4.05. The Kier molecular flexibility index (Phi) is 6.91. The molecule has 0 amide bonds. The van der Waals surface area contributed by atoms with Crippen LogP contribution in [0.5, 0.6) is 0 Å². The largest absolute Gasteiger partial charge is 0.309 e. The van der Waals surface area contributed by atoms with E-state index in [4.69, 9.17) is 9.97 Å². The Morgan fingerprint density at radius 3 is 1.22 bits per heavy atom. The Labute approximate surface area is 344 Å². The number of aromatic nitrogens is 6. The van der Waals surface area contributed by atoms with Gasteiger partial charge in [0.15, 0.2) is 0 Å². The SMILES string of the molecule is c1ccc(-c2nc3ncc(-n4c5ccc(-n6c7ccccc7c7ccccc76)cc5c5cc(-n6c7ccccc7c7ccccc76)ccc54)cn3c2-c2ccccc2)cc1. The lowest BCUT2D eigenvalue weighted by Crippen LogP contribution is -2.00. The molecule has 8 aromatic carbocycles. The maximum Gasteiger partial charge on any atom is 0.234 e. The summed E-state index contributed by atoms with van der Waals surface area (Å²) in [7, 11) is 0. The van der Waals surface area contributed by atoms with E-state index in [-0.39, 0.29) is 0 Å². The molecule has 0 aliphatic carbocycles. The molecule has 0 unspecified atom stereocenters. The third-order valence-corrected chi connectivity index (χ3v) is 12.2. The average molecular weight is 767 g/mol. The molecule has 280 valence electrons. The molecule has 0 aliphatic heterocycles. The van der Waals surface area contributed by atoms with Crippen LogP contribution >= 0.6 is 0 Å². The number of imidazole rings is 1. The zero-order valence-electron chi connectivity index (χ0n) is 32.3.